The van der Waals surface area contributed by atoms with Crippen LogP contribution in [0.2, 0.25) is 0 Å². The Kier molecular flexibility index (Phi) is 9.76. The Labute approximate surface area is 82.5 Å². The average Bonchev–Trinajstić information content (AvgIpc) is 2.42. The van der Waals surface area contributed by atoms with Crippen LogP contribution >= 0.6 is 0 Å². The van der Waals surface area contributed by atoms with Crippen molar-refractivity contribution in [1.29, 1.82) is 0 Å². The van der Waals surface area contributed by atoms with Crippen molar-refractivity contribution in [3.8, 4) is 0 Å². The maximum absolute atomic E-state index is 4.00. The molecule has 1 aromatic rings. The molecule has 1 rings (SSSR count). The molecule has 0 bridgehead atoms. The molecule has 0 N–H and O–H groups in total. The summed E-state index contributed by atoms with van der Waals surface area (Å²) in [6, 6.07) is 0. The van der Waals surface area contributed by atoms with Gasteiger partial charge in [-0.3, -0.25) is 0 Å². The molecule has 0 aliphatic rings. The van der Waals surface area contributed by atoms with Crippen molar-refractivity contribution in [3.63, 3.8) is 0 Å². The summed E-state index contributed by atoms with van der Waals surface area (Å²) in [5.74, 6) is 0.512. The van der Waals surface area contributed by atoms with Crippen LogP contribution in [-0.2, 0) is 20.4 Å². The number of rotatable bonds is 1. The summed E-state index contributed by atoms with van der Waals surface area (Å²) in [6.45, 7) is 8.20. The first-order valence-electron chi connectivity index (χ1n) is 3.73. The van der Waals surface area contributed by atoms with Crippen molar-refractivity contribution in [2.45, 2.75) is 33.6 Å². The molecule has 11 heavy (non-hydrogen) atoms. The fraction of sp³-hybridized carbons (Fsp3) is 0.625. The normalized spacial score (nSPS) is 8.09. The van der Waals surface area contributed by atoms with Crippen molar-refractivity contribution in [2.75, 3.05) is 0 Å². The second kappa shape index (κ2) is 7.97. The maximum Gasteiger partial charge on any atom is 0 e. The van der Waals surface area contributed by atoms with Crippen LogP contribution in [0.5, 0.6) is 0 Å². The van der Waals surface area contributed by atoms with Gasteiger partial charge in [0, 0.05) is 20.4 Å². The average molecular weight is 325 g/mol. The van der Waals surface area contributed by atoms with Crippen LogP contribution < -0.4 is 4.98 Å². The largest absolute Gasteiger partial charge is 0.450 e. The molecule has 0 unspecified atom stereocenters. The number of hydrogen-bond acceptors (Lipinski definition) is 1. The molecule has 3 heteroatoms. The van der Waals surface area contributed by atoms with Gasteiger partial charge in [0.2, 0.25) is 0 Å². The van der Waals surface area contributed by atoms with E-state index in [0.717, 1.165) is 5.69 Å². The van der Waals surface area contributed by atoms with E-state index in [-0.39, 0.29) is 20.4 Å². The summed E-state index contributed by atoms with van der Waals surface area (Å²) < 4.78 is 0. The van der Waals surface area contributed by atoms with Crippen LogP contribution in [-0.4, -0.2) is 4.98 Å². The van der Waals surface area contributed by atoms with E-state index in [1.807, 2.05) is 13.8 Å². The molecule has 0 atom stereocenters. The number of hydrogen-bond donors (Lipinski definition) is 0. The predicted molar refractivity (Wildman–Crippen MR) is 43.0 cm³/mol. The van der Waals surface area contributed by atoms with Gasteiger partial charge in [-0.2, -0.15) is 0 Å². The molecule has 0 saturated carbocycles. The Hall–Kier alpha value is -0.128. The zero-order chi connectivity index (χ0) is 7.98. The smallest absolute Gasteiger partial charge is 0 e. The molecule has 0 spiro atoms. The van der Waals surface area contributed by atoms with E-state index in [0.29, 0.717) is 5.92 Å². The number of aromatic nitrogens is 2. The molecule has 1 heterocycles. The quantitative estimate of drug-likeness (QED) is 0.791. The van der Waals surface area contributed by atoms with Crippen molar-refractivity contribution < 1.29 is 20.4 Å². The van der Waals surface area contributed by atoms with Crippen molar-refractivity contribution in [2.24, 2.45) is 0 Å². The van der Waals surface area contributed by atoms with Gasteiger partial charge in [0.15, 0.2) is 0 Å². The maximum atomic E-state index is 4.00. The van der Waals surface area contributed by atoms with Gasteiger partial charge in [0.1, 0.15) is 0 Å². The van der Waals surface area contributed by atoms with E-state index in [1.165, 1.54) is 0 Å². The predicted octanol–water partition coefficient (Wildman–Crippen LogP) is 2.19. The zero-order valence-electron chi connectivity index (χ0n) is 7.50. The number of nitrogens with zero attached hydrogens (tertiary/aromatic N) is 2. The van der Waals surface area contributed by atoms with Crippen LogP contribution in [0.1, 0.15) is 39.3 Å². The van der Waals surface area contributed by atoms with Gasteiger partial charge in [-0.1, -0.05) is 45.9 Å². The van der Waals surface area contributed by atoms with Crippen LogP contribution in [0.4, 0.5) is 0 Å². The van der Waals surface area contributed by atoms with Crippen LogP contribution in [0.3, 0.4) is 0 Å². The fourth-order valence-corrected chi connectivity index (χ4v) is 0.541. The minimum Gasteiger partial charge on any atom is -0.450 e. The molecule has 1 aromatic heterocycles. The number of imidazole rings is 1. The van der Waals surface area contributed by atoms with E-state index in [1.54, 1.807) is 12.5 Å². The molecule has 1 radical (unpaired) electrons. The van der Waals surface area contributed by atoms with Gasteiger partial charge in [-0.25, -0.2) is 0 Å². The van der Waals surface area contributed by atoms with E-state index < -0.39 is 0 Å². The van der Waals surface area contributed by atoms with Crippen LogP contribution in [0, 0.1) is 0 Å². The van der Waals surface area contributed by atoms with E-state index in [4.69, 9.17) is 0 Å². The van der Waals surface area contributed by atoms with Crippen molar-refractivity contribution >= 4 is 0 Å². The van der Waals surface area contributed by atoms with Crippen LogP contribution in [0.15, 0.2) is 12.5 Å². The molecule has 0 saturated heterocycles. The summed E-state index contributed by atoms with van der Waals surface area (Å²) >= 11 is 0. The van der Waals surface area contributed by atoms with E-state index in [9.17, 15) is 0 Å². The van der Waals surface area contributed by atoms with Gasteiger partial charge in [-0.15, -0.1) is 0 Å². The molecule has 65 valence electrons. The first-order valence-corrected chi connectivity index (χ1v) is 3.73. The molecule has 0 aromatic carbocycles. The van der Waals surface area contributed by atoms with Crippen molar-refractivity contribution in [3.05, 3.63) is 18.2 Å². The molecular formula is C8H15N2Re-. The van der Waals surface area contributed by atoms with Crippen molar-refractivity contribution in [1.82, 2.24) is 9.97 Å². The van der Waals surface area contributed by atoms with Crippen LogP contribution in [0.25, 0.3) is 0 Å². The zero-order valence-corrected chi connectivity index (χ0v) is 10.2. The van der Waals surface area contributed by atoms with Gasteiger partial charge in [-0.05, 0) is 5.92 Å². The Bertz CT molecular complexity index is 147. The third-order valence-electron chi connectivity index (χ3n) is 1.07. The molecule has 0 aliphatic heterocycles. The first kappa shape index (κ1) is 13.5. The third kappa shape index (κ3) is 5.18. The Morgan fingerprint density at radius 1 is 1.36 bits per heavy atom. The van der Waals surface area contributed by atoms with Gasteiger partial charge in [0.05, 0.1) is 0 Å². The second-order valence-corrected chi connectivity index (χ2v) is 2.10. The Morgan fingerprint density at radius 3 is 2.09 bits per heavy atom. The SMILES string of the molecule is CC.CC(C)c1c[n-]cn1.[Re]. The minimum atomic E-state index is 0. The molecular weight excluding hydrogens is 310 g/mol. The van der Waals surface area contributed by atoms with Gasteiger partial charge >= 0.3 is 0 Å². The summed E-state index contributed by atoms with van der Waals surface area (Å²) in [5, 5.41) is 0. The first-order chi connectivity index (χ1) is 4.80. The summed E-state index contributed by atoms with van der Waals surface area (Å²) in [7, 11) is 0. The topological polar surface area (TPSA) is 27.0 Å². The molecule has 0 amide bonds. The Balaban J connectivity index is 0. The summed E-state index contributed by atoms with van der Waals surface area (Å²) in [5.41, 5.74) is 1.07. The molecule has 2 nitrogen and oxygen atoms in total. The van der Waals surface area contributed by atoms with Gasteiger partial charge < -0.3 is 9.97 Å². The summed E-state index contributed by atoms with van der Waals surface area (Å²) in [4.78, 5) is 7.84. The fourth-order valence-electron chi connectivity index (χ4n) is 0.541. The third-order valence-corrected chi connectivity index (χ3v) is 1.07. The molecule has 0 aliphatic carbocycles. The minimum absolute atomic E-state index is 0. The second-order valence-electron chi connectivity index (χ2n) is 2.10. The Morgan fingerprint density at radius 2 is 1.91 bits per heavy atom. The van der Waals surface area contributed by atoms with E-state index >= 15 is 0 Å². The summed E-state index contributed by atoms with van der Waals surface area (Å²) in [6.07, 6.45) is 3.38. The molecule has 0 fully saturated rings. The van der Waals surface area contributed by atoms with Gasteiger partial charge in [0.25, 0.3) is 0 Å². The standard InChI is InChI=1S/C6H9N2.C2H6.Re/c1-5(2)6-3-7-4-8-6;1-2;/h3-5H,1-2H3;1-2H3;/q-1;;. The monoisotopic (exact) mass is 326 g/mol. The van der Waals surface area contributed by atoms with E-state index in [2.05, 4.69) is 23.8 Å².